The second-order valence-electron chi connectivity index (χ2n) is 5.89. The first-order valence-corrected chi connectivity index (χ1v) is 7.62. The minimum atomic E-state index is -4.54. The van der Waals surface area contributed by atoms with E-state index >= 15 is 0 Å². The molecule has 1 saturated heterocycles. The lowest BCUT2D eigenvalue weighted by molar-refractivity contribution is -0.146. The molecule has 1 fully saturated rings. The number of nitrogens with one attached hydrogen (secondary N) is 1. The van der Waals surface area contributed by atoms with Gasteiger partial charge in [0.05, 0.1) is 0 Å². The van der Waals surface area contributed by atoms with E-state index in [1.165, 1.54) is 11.3 Å². The molecule has 0 aliphatic carbocycles. The molecule has 0 saturated carbocycles. The molecule has 3 heterocycles. The van der Waals surface area contributed by atoms with Gasteiger partial charge in [-0.1, -0.05) is 25.2 Å². The largest absolute Gasteiger partial charge is 0.453 e. The van der Waals surface area contributed by atoms with Crippen LogP contribution in [0, 0.1) is 5.92 Å². The number of alkyl halides is 3. The van der Waals surface area contributed by atoms with Crippen molar-refractivity contribution in [3.05, 3.63) is 10.8 Å². The van der Waals surface area contributed by atoms with Crippen molar-refractivity contribution in [1.29, 1.82) is 0 Å². The average molecular weight is 319 g/mol. The summed E-state index contributed by atoms with van der Waals surface area (Å²) < 4.78 is 39.3. The molecular formula is C12H16F3N5S. The normalized spacial score (nSPS) is 21.1. The molecular weight excluding hydrogens is 303 g/mol. The van der Waals surface area contributed by atoms with Crippen LogP contribution in [0.1, 0.15) is 37.5 Å². The van der Waals surface area contributed by atoms with Crippen molar-refractivity contribution in [2.24, 2.45) is 5.92 Å². The van der Waals surface area contributed by atoms with Crippen LogP contribution in [0.15, 0.2) is 0 Å². The molecule has 0 spiro atoms. The maximum absolute atomic E-state index is 12.8. The predicted octanol–water partition coefficient (Wildman–Crippen LogP) is 2.48. The summed E-state index contributed by atoms with van der Waals surface area (Å²) >= 11 is 1.19. The zero-order valence-corrected chi connectivity index (χ0v) is 12.6. The Morgan fingerprint density at radius 1 is 1.29 bits per heavy atom. The molecule has 1 aliphatic rings. The van der Waals surface area contributed by atoms with Gasteiger partial charge in [-0.2, -0.15) is 22.8 Å². The number of hydrogen-bond donors (Lipinski definition) is 1. The van der Waals surface area contributed by atoms with Crippen molar-refractivity contribution in [1.82, 2.24) is 25.1 Å². The fraction of sp³-hybridized carbons (Fsp3) is 0.750. The first kappa shape index (κ1) is 14.7. The van der Waals surface area contributed by atoms with Gasteiger partial charge in [0.25, 0.3) is 5.82 Å². The number of halogens is 3. The average Bonchev–Trinajstić information content (AvgIpc) is 2.98. The zero-order valence-electron chi connectivity index (χ0n) is 11.7. The third kappa shape index (κ3) is 2.52. The molecule has 1 aliphatic heterocycles. The lowest BCUT2D eigenvalue weighted by atomic mass is 9.75. The molecule has 1 N–H and O–H groups in total. The summed E-state index contributed by atoms with van der Waals surface area (Å²) in [5, 5.41) is 14.9. The summed E-state index contributed by atoms with van der Waals surface area (Å²) in [4.78, 5) is 0.189. The van der Waals surface area contributed by atoms with E-state index in [0.29, 0.717) is 10.9 Å². The standard InChI is InChI=1S/C12H16F3N5S/c1-11(2,7-4-3-5-16-6-7)9-19-20-8(12(13,14)15)17-18-10(20)21-9/h7,16H,3-6H2,1-2H3. The summed E-state index contributed by atoms with van der Waals surface area (Å²) in [5.74, 6) is -0.707. The van der Waals surface area contributed by atoms with Crippen LogP contribution in [0.3, 0.4) is 0 Å². The van der Waals surface area contributed by atoms with E-state index in [2.05, 4.69) is 20.6 Å². The maximum atomic E-state index is 12.8. The molecule has 0 aromatic carbocycles. The number of hydrogen-bond acceptors (Lipinski definition) is 5. The van der Waals surface area contributed by atoms with Gasteiger partial charge in [0.1, 0.15) is 5.01 Å². The Kier molecular flexibility index (Phi) is 3.44. The summed E-state index contributed by atoms with van der Waals surface area (Å²) in [5.41, 5.74) is -0.290. The van der Waals surface area contributed by atoms with Crippen molar-refractivity contribution in [3.63, 3.8) is 0 Å². The molecule has 21 heavy (non-hydrogen) atoms. The minimum Gasteiger partial charge on any atom is -0.316 e. The van der Waals surface area contributed by atoms with Crippen molar-refractivity contribution in [2.45, 2.75) is 38.3 Å². The summed E-state index contributed by atoms with van der Waals surface area (Å²) in [7, 11) is 0. The summed E-state index contributed by atoms with van der Waals surface area (Å²) in [6.07, 6.45) is -2.42. The van der Waals surface area contributed by atoms with Crippen LogP contribution in [-0.4, -0.2) is 32.9 Å². The fourth-order valence-electron chi connectivity index (χ4n) is 2.70. The van der Waals surface area contributed by atoms with Gasteiger partial charge in [0, 0.05) is 5.41 Å². The number of nitrogens with zero attached hydrogens (tertiary/aromatic N) is 4. The van der Waals surface area contributed by atoms with E-state index in [1.54, 1.807) is 0 Å². The lowest BCUT2D eigenvalue weighted by Gasteiger charge is -2.35. The van der Waals surface area contributed by atoms with E-state index in [9.17, 15) is 13.2 Å². The van der Waals surface area contributed by atoms with Gasteiger partial charge >= 0.3 is 6.18 Å². The Labute approximate surface area is 123 Å². The van der Waals surface area contributed by atoms with Gasteiger partial charge in [0.15, 0.2) is 0 Å². The van der Waals surface area contributed by atoms with Crippen LogP contribution in [0.25, 0.3) is 4.96 Å². The first-order valence-electron chi connectivity index (χ1n) is 6.81. The topological polar surface area (TPSA) is 55.1 Å². The highest BCUT2D eigenvalue weighted by Gasteiger charge is 2.40. The summed E-state index contributed by atoms with van der Waals surface area (Å²) in [6.45, 7) is 5.92. The molecule has 1 atom stereocenters. The van der Waals surface area contributed by atoms with Crippen molar-refractivity contribution >= 4 is 16.3 Å². The minimum absolute atomic E-state index is 0.189. The highest BCUT2D eigenvalue weighted by Crippen LogP contribution is 2.38. The van der Waals surface area contributed by atoms with E-state index in [-0.39, 0.29) is 10.4 Å². The van der Waals surface area contributed by atoms with Gasteiger partial charge in [-0.25, -0.2) is 0 Å². The van der Waals surface area contributed by atoms with Gasteiger partial charge < -0.3 is 5.32 Å². The van der Waals surface area contributed by atoms with Gasteiger partial charge in [0.2, 0.25) is 4.96 Å². The second-order valence-corrected chi connectivity index (χ2v) is 6.84. The Bertz CT molecular complexity index is 639. The SMILES string of the molecule is CC(C)(c1nn2c(C(F)(F)F)nnc2s1)C1CCCNC1. The van der Waals surface area contributed by atoms with Gasteiger partial charge in [-0.05, 0) is 31.8 Å². The lowest BCUT2D eigenvalue weighted by Crippen LogP contribution is -2.40. The smallest absolute Gasteiger partial charge is 0.316 e. The summed E-state index contributed by atoms with van der Waals surface area (Å²) in [6, 6.07) is 0. The quantitative estimate of drug-likeness (QED) is 0.924. The predicted molar refractivity (Wildman–Crippen MR) is 72.3 cm³/mol. The van der Waals surface area contributed by atoms with Crippen LogP contribution in [0.5, 0.6) is 0 Å². The highest BCUT2D eigenvalue weighted by molar-refractivity contribution is 7.16. The van der Waals surface area contributed by atoms with Crippen LogP contribution in [-0.2, 0) is 11.6 Å². The van der Waals surface area contributed by atoms with Crippen LogP contribution >= 0.6 is 11.3 Å². The van der Waals surface area contributed by atoms with Crippen molar-refractivity contribution < 1.29 is 13.2 Å². The van der Waals surface area contributed by atoms with E-state index in [0.717, 1.165) is 30.4 Å². The molecule has 2 aromatic rings. The number of rotatable bonds is 2. The number of fused-ring (bicyclic) bond motifs is 1. The zero-order chi connectivity index (χ0) is 15.3. The Morgan fingerprint density at radius 2 is 2.05 bits per heavy atom. The molecule has 116 valence electrons. The molecule has 1 unspecified atom stereocenters. The molecule has 3 rings (SSSR count). The first-order chi connectivity index (χ1) is 9.80. The monoisotopic (exact) mass is 319 g/mol. The van der Waals surface area contributed by atoms with Crippen LogP contribution in [0.4, 0.5) is 13.2 Å². The molecule has 0 bridgehead atoms. The number of piperidine rings is 1. The molecule has 0 radical (unpaired) electrons. The van der Waals surface area contributed by atoms with E-state index in [4.69, 9.17) is 0 Å². The van der Waals surface area contributed by atoms with Crippen molar-refractivity contribution in [3.8, 4) is 0 Å². The molecule has 9 heteroatoms. The molecule has 2 aromatic heterocycles. The third-order valence-electron chi connectivity index (χ3n) is 4.11. The van der Waals surface area contributed by atoms with Crippen LogP contribution in [0.2, 0.25) is 0 Å². The van der Waals surface area contributed by atoms with Crippen molar-refractivity contribution in [2.75, 3.05) is 13.1 Å². The molecule has 5 nitrogen and oxygen atoms in total. The van der Waals surface area contributed by atoms with Crippen LogP contribution < -0.4 is 5.32 Å². The Balaban J connectivity index is 1.98. The highest BCUT2D eigenvalue weighted by atomic mass is 32.1. The number of aromatic nitrogens is 4. The maximum Gasteiger partial charge on any atom is 0.453 e. The van der Waals surface area contributed by atoms with E-state index in [1.807, 2.05) is 13.8 Å². The third-order valence-corrected chi connectivity index (χ3v) is 5.35. The Morgan fingerprint density at radius 3 is 2.67 bits per heavy atom. The fourth-order valence-corrected chi connectivity index (χ4v) is 3.72. The van der Waals surface area contributed by atoms with Gasteiger partial charge in [-0.15, -0.1) is 10.2 Å². The van der Waals surface area contributed by atoms with E-state index < -0.39 is 12.0 Å². The Hall–Kier alpha value is -1.22. The second kappa shape index (κ2) is 4.91. The van der Waals surface area contributed by atoms with Gasteiger partial charge in [-0.3, -0.25) is 0 Å². The molecule has 0 amide bonds.